The average molecular weight is 346 g/mol. The standard InChI is InChI=1S/C20H30N2O3/c1-24-17-7-5-16(6-8-17)19(9-3-2-4-10-19)15-22-18(23)20(21)11-13-25-14-12-20/h5-8H,2-4,9-15,21H2,1H3,(H,22,23). The Hall–Kier alpha value is -1.59. The van der Waals surface area contributed by atoms with Crippen LogP contribution < -0.4 is 15.8 Å². The molecule has 3 N–H and O–H groups in total. The SMILES string of the molecule is COc1ccc(C2(CNC(=O)C3(N)CCOCC3)CCCCC2)cc1. The fourth-order valence-electron chi connectivity index (χ4n) is 4.13. The summed E-state index contributed by atoms with van der Waals surface area (Å²) in [5.41, 5.74) is 6.83. The molecule has 1 aromatic carbocycles. The van der Waals surface area contributed by atoms with Gasteiger partial charge in [0, 0.05) is 25.2 Å². The summed E-state index contributed by atoms with van der Waals surface area (Å²) >= 11 is 0. The van der Waals surface area contributed by atoms with E-state index < -0.39 is 5.54 Å². The quantitative estimate of drug-likeness (QED) is 0.859. The number of carbonyl (C=O) groups is 1. The molecular formula is C20H30N2O3. The highest BCUT2D eigenvalue weighted by atomic mass is 16.5. The van der Waals surface area contributed by atoms with Gasteiger partial charge in [-0.3, -0.25) is 4.79 Å². The van der Waals surface area contributed by atoms with Crippen LogP contribution in [0, 0.1) is 0 Å². The molecule has 5 nitrogen and oxygen atoms in total. The number of nitrogens with one attached hydrogen (secondary N) is 1. The number of nitrogens with two attached hydrogens (primary N) is 1. The minimum absolute atomic E-state index is 0.00169. The lowest BCUT2D eigenvalue weighted by molar-refractivity contribution is -0.130. The maximum Gasteiger partial charge on any atom is 0.240 e. The van der Waals surface area contributed by atoms with Crippen molar-refractivity contribution in [1.82, 2.24) is 5.32 Å². The van der Waals surface area contributed by atoms with Crippen LogP contribution in [0.5, 0.6) is 5.75 Å². The summed E-state index contributed by atoms with van der Waals surface area (Å²) in [6.07, 6.45) is 7.04. The predicted molar refractivity (Wildman–Crippen MR) is 97.7 cm³/mol. The molecule has 0 aromatic heterocycles. The van der Waals surface area contributed by atoms with Gasteiger partial charge in [-0.2, -0.15) is 0 Å². The number of hydrogen-bond donors (Lipinski definition) is 2. The first kappa shape index (κ1) is 18.2. The molecule has 1 aromatic rings. The molecule has 3 rings (SSSR count). The van der Waals surface area contributed by atoms with Crippen molar-refractivity contribution in [3.05, 3.63) is 29.8 Å². The first-order chi connectivity index (χ1) is 12.1. The molecule has 138 valence electrons. The Morgan fingerprint density at radius 3 is 2.36 bits per heavy atom. The fraction of sp³-hybridized carbons (Fsp3) is 0.650. The van der Waals surface area contributed by atoms with E-state index in [0.717, 1.165) is 18.6 Å². The van der Waals surface area contributed by atoms with Gasteiger partial charge >= 0.3 is 0 Å². The molecule has 0 atom stereocenters. The lowest BCUT2D eigenvalue weighted by Crippen LogP contribution is -2.58. The summed E-state index contributed by atoms with van der Waals surface area (Å²) in [6, 6.07) is 8.30. The van der Waals surface area contributed by atoms with E-state index in [9.17, 15) is 4.79 Å². The van der Waals surface area contributed by atoms with Crippen LogP contribution >= 0.6 is 0 Å². The highest BCUT2D eigenvalue weighted by Gasteiger charge is 2.39. The van der Waals surface area contributed by atoms with Crippen molar-refractivity contribution in [3.63, 3.8) is 0 Å². The van der Waals surface area contributed by atoms with E-state index >= 15 is 0 Å². The Balaban J connectivity index is 1.73. The minimum Gasteiger partial charge on any atom is -0.497 e. The number of ether oxygens (including phenoxy) is 2. The maximum atomic E-state index is 12.7. The molecule has 0 radical (unpaired) electrons. The monoisotopic (exact) mass is 346 g/mol. The van der Waals surface area contributed by atoms with Crippen molar-refractivity contribution < 1.29 is 14.3 Å². The third kappa shape index (κ3) is 3.98. The van der Waals surface area contributed by atoms with E-state index in [1.54, 1.807) is 7.11 Å². The second-order valence-corrected chi connectivity index (χ2v) is 7.52. The van der Waals surface area contributed by atoms with Crippen LogP contribution in [0.25, 0.3) is 0 Å². The Morgan fingerprint density at radius 1 is 1.12 bits per heavy atom. The molecule has 1 aliphatic heterocycles. The summed E-state index contributed by atoms with van der Waals surface area (Å²) in [5, 5.41) is 3.18. The van der Waals surface area contributed by atoms with Gasteiger partial charge in [-0.05, 0) is 43.4 Å². The van der Waals surface area contributed by atoms with Crippen LogP contribution in [-0.4, -0.2) is 38.3 Å². The Bertz CT molecular complexity index is 573. The van der Waals surface area contributed by atoms with Crippen LogP contribution in [0.15, 0.2) is 24.3 Å². The van der Waals surface area contributed by atoms with Gasteiger partial charge in [0.1, 0.15) is 5.75 Å². The van der Waals surface area contributed by atoms with Gasteiger partial charge in [0.15, 0.2) is 0 Å². The van der Waals surface area contributed by atoms with Gasteiger partial charge in [-0.15, -0.1) is 0 Å². The van der Waals surface area contributed by atoms with Crippen LogP contribution in [-0.2, 0) is 14.9 Å². The first-order valence-electron chi connectivity index (χ1n) is 9.38. The zero-order valence-corrected chi connectivity index (χ0v) is 15.2. The van der Waals surface area contributed by atoms with Gasteiger partial charge < -0.3 is 20.5 Å². The highest BCUT2D eigenvalue weighted by Crippen LogP contribution is 2.39. The van der Waals surface area contributed by atoms with Crippen LogP contribution in [0.2, 0.25) is 0 Å². The second-order valence-electron chi connectivity index (χ2n) is 7.52. The Labute approximate surface area is 150 Å². The molecule has 1 heterocycles. The predicted octanol–water partition coefficient (Wildman–Crippen LogP) is 2.52. The van der Waals surface area contributed by atoms with Crippen molar-refractivity contribution >= 4 is 5.91 Å². The van der Waals surface area contributed by atoms with Crippen molar-refractivity contribution in [2.75, 3.05) is 26.9 Å². The largest absolute Gasteiger partial charge is 0.497 e. The average Bonchev–Trinajstić information content (AvgIpc) is 2.67. The molecule has 1 aliphatic carbocycles. The van der Waals surface area contributed by atoms with Gasteiger partial charge in [0.05, 0.1) is 12.6 Å². The van der Waals surface area contributed by atoms with E-state index in [-0.39, 0.29) is 11.3 Å². The second kappa shape index (κ2) is 7.75. The molecule has 0 bridgehead atoms. The number of carbonyl (C=O) groups excluding carboxylic acids is 1. The third-order valence-corrected chi connectivity index (χ3v) is 5.94. The normalized spacial score (nSPS) is 22.2. The summed E-state index contributed by atoms with van der Waals surface area (Å²) in [5.74, 6) is 0.830. The molecule has 1 saturated heterocycles. The maximum absolute atomic E-state index is 12.7. The minimum atomic E-state index is -0.784. The molecule has 1 amide bonds. The topological polar surface area (TPSA) is 73.6 Å². The summed E-state index contributed by atoms with van der Waals surface area (Å²) in [4.78, 5) is 12.7. The van der Waals surface area contributed by atoms with E-state index in [4.69, 9.17) is 15.2 Å². The Morgan fingerprint density at radius 2 is 1.76 bits per heavy atom. The van der Waals surface area contributed by atoms with Crippen molar-refractivity contribution in [2.45, 2.75) is 55.9 Å². The molecule has 0 spiro atoms. The molecule has 1 saturated carbocycles. The van der Waals surface area contributed by atoms with Crippen LogP contribution in [0.1, 0.15) is 50.5 Å². The molecular weight excluding hydrogens is 316 g/mol. The van der Waals surface area contributed by atoms with Gasteiger partial charge in [-0.1, -0.05) is 31.4 Å². The zero-order valence-electron chi connectivity index (χ0n) is 15.2. The first-order valence-corrected chi connectivity index (χ1v) is 9.38. The number of methoxy groups -OCH3 is 1. The van der Waals surface area contributed by atoms with Gasteiger partial charge in [-0.25, -0.2) is 0 Å². The fourth-order valence-corrected chi connectivity index (χ4v) is 4.13. The van der Waals surface area contributed by atoms with Crippen LogP contribution in [0.4, 0.5) is 0 Å². The summed E-state index contributed by atoms with van der Waals surface area (Å²) < 4.78 is 10.6. The summed E-state index contributed by atoms with van der Waals surface area (Å²) in [7, 11) is 1.68. The Kier molecular flexibility index (Phi) is 5.64. The van der Waals surface area contributed by atoms with E-state index in [0.29, 0.717) is 32.6 Å². The third-order valence-electron chi connectivity index (χ3n) is 5.94. The van der Waals surface area contributed by atoms with Crippen molar-refractivity contribution in [3.8, 4) is 5.75 Å². The van der Waals surface area contributed by atoms with Gasteiger partial charge in [0.2, 0.25) is 5.91 Å². The smallest absolute Gasteiger partial charge is 0.240 e. The molecule has 5 heteroatoms. The van der Waals surface area contributed by atoms with Crippen molar-refractivity contribution in [1.29, 1.82) is 0 Å². The van der Waals surface area contributed by atoms with E-state index in [1.165, 1.54) is 24.8 Å². The summed E-state index contributed by atoms with van der Waals surface area (Å²) in [6.45, 7) is 1.78. The van der Waals surface area contributed by atoms with E-state index in [2.05, 4.69) is 17.4 Å². The number of rotatable bonds is 5. The molecule has 0 unspecified atom stereocenters. The lowest BCUT2D eigenvalue weighted by atomic mass is 9.69. The number of benzene rings is 1. The lowest BCUT2D eigenvalue weighted by Gasteiger charge is -2.40. The van der Waals surface area contributed by atoms with Gasteiger partial charge in [0.25, 0.3) is 0 Å². The molecule has 2 aliphatic rings. The highest BCUT2D eigenvalue weighted by molar-refractivity contribution is 5.86. The van der Waals surface area contributed by atoms with E-state index in [1.807, 2.05) is 12.1 Å². The zero-order chi connectivity index (χ0) is 17.8. The number of hydrogen-bond acceptors (Lipinski definition) is 4. The van der Waals surface area contributed by atoms with Crippen LogP contribution in [0.3, 0.4) is 0 Å². The molecule has 2 fully saturated rings. The van der Waals surface area contributed by atoms with Crippen molar-refractivity contribution in [2.24, 2.45) is 5.73 Å². The number of amides is 1. The molecule has 25 heavy (non-hydrogen) atoms.